The van der Waals surface area contributed by atoms with Crippen molar-refractivity contribution in [3.63, 3.8) is 0 Å². The van der Waals surface area contributed by atoms with E-state index in [1.807, 2.05) is 6.92 Å². The largest absolute Gasteiger partial charge is 0.507 e. The van der Waals surface area contributed by atoms with Crippen LogP contribution in [0.5, 0.6) is 11.5 Å². The Morgan fingerprint density at radius 2 is 1.97 bits per heavy atom. The van der Waals surface area contributed by atoms with Crippen LogP contribution in [0.2, 0.25) is 0 Å². The molecule has 0 bridgehead atoms. The predicted octanol–water partition coefficient (Wildman–Crippen LogP) is 3.43. The van der Waals surface area contributed by atoms with E-state index in [4.69, 9.17) is 14.6 Å². The number of hydrogen-bond acceptors (Lipinski definition) is 6. The van der Waals surface area contributed by atoms with Crippen molar-refractivity contribution in [2.45, 2.75) is 25.8 Å². The molecule has 0 radical (unpaired) electrons. The maximum absolute atomic E-state index is 13.9. The zero-order valence-electron chi connectivity index (χ0n) is 18.0. The van der Waals surface area contributed by atoms with E-state index in [-0.39, 0.29) is 23.5 Å². The number of ketones is 1. The van der Waals surface area contributed by atoms with Gasteiger partial charge in [0.1, 0.15) is 23.1 Å². The fourth-order valence-corrected chi connectivity index (χ4v) is 3.74. The number of aliphatic hydroxyl groups excluding tert-OH is 2. The molecule has 3 rings (SSSR count). The Bertz CT molecular complexity index is 1030. The number of aliphatic hydroxyl groups is 2. The second kappa shape index (κ2) is 10.3. The summed E-state index contributed by atoms with van der Waals surface area (Å²) in [5.41, 5.74) is 0.415. The van der Waals surface area contributed by atoms with E-state index in [9.17, 15) is 19.1 Å². The standard InChI is InChI=1S/C24H26FNO6/c1-3-10-26-21(15-6-4-7-17(13-15)32-12-5-11-27)20(23(29)24(26)30)22(28)18-14-16(25)8-9-19(18)31-2/h4,6-9,13-14,21,27-28H,3,5,10-12H2,1-2H3/b22-20+. The van der Waals surface area contributed by atoms with Crippen LogP contribution in [0.4, 0.5) is 4.39 Å². The first kappa shape index (κ1) is 23.3. The molecule has 7 nitrogen and oxygen atoms in total. The Morgan fingerprint density at radius 3 is 2.66 bits per heavy atom. The molecule has 0 aromatic heterocycles. The molecule has 1 aliphatic rings. The average Bonchev–Trinajstić information content (AvgIpc) is 3.04. The third-order valence-corrected chi connectivity index (χ3v) is 5.17. The molecule has 0 saturated carbocycles. The van der Waals surface area contributed by atoms with E-state index in [2.05, 4.69) is 0 Å². The summed E-state index contributed by atoms with van der Waals surface area (Å²) < 4.78 is 24.8. The predicted molar refractivity (Wildman–Crippen MR) is 116 cm³/mol. The van der Waals surface area contributed by atoms with Crippen LogP contribution in [0.15, 0.2) is 48.0 Å². The second-order valence-electron chi connectivity index (χ2n) is 7.34. The van der Waals surface area contributed by atoms with E-state index in [0.717, 1.165) is 6.07 Å². The normalized spacial score (nSPS) is 17.6. The highest BCUT2D eigenvalue weighted by Gasteiger charge is 2.46. The van der Waals surface area contributed by atoms with Gasteiger partial charge in [-0.2, -0.15) is 0 Å². The number of amides is 1. The Labute approximate surface area is 185 Å². The van der Waals surface area contributed by atoms with Gasteiger partial charge in [0.2, 0.25) is 0 Å². The van der Waals surface area contributed by atoms with Gasteiger partial charge >= 0.3 is 0 Å². The number of rotatable bonds is 9. The highest BCUT2D eigenvalue weighted by Crippen LogP contribution is 2.41. The molecule has 2 aromatic rings. The van der Waals surface area contributed by atoms with Gasteiger partial charge in [-0.15, -0.1) is 0 Å². The van der Waals surface area contributed by atoms with Crippen LogP contribution in [0.25, 0.3) is 5.76 Å². The van der Waals surface area contributed by atoms with Gasteiger partial charge in [-0.3, -0.25) is 9.59 Å². The third kappa shape index (κ3) is 4.60. The van der Waals surface area contributed by atoms with E-state index in [1.54, 1.807) is 24.3 Å². The zero-order chi connectivity index (χ0) is 23.3. The number of likely N-dealkylation sites (tertiary alicyclic amines) is 1. The molecule has 32 heavy (non-hydrogen) atoms. The highest BCUT2D eigenvalue weighted by molar-refractivity contribution is 6.46. The van der Waals surface area contributed by atoms with Crippen LogP contribution in [-0.4, -0.2) is 53.7 Å². The van der Waals surface area contributed by atoms with Gasteiger partial charge in [0.05, 0.1) is 30.9 Å². The minimum absolute atomic E-state index is 0.00811. The molecule has 1 heterocycles. The first-order valence-electron chi connectivity index (χ1n) is 10.4. The van der Waals surface area contributed by atoms with Crippen molar-refractivity contribution in [3.8, 4) is 11.5 Å². The third-order valence-electron chi connectivity index (χ3n) is 5.17. The molecule has 1 saturated heterocycles. The number of ether oxygens (including phenoxy) is 2. The summed E-state index contributed by atoms with van der Waals surface area (Å²) >= 11 is 0. The molecule has 1 aliphatic heterocycles. The quantitative estimate of drug-likeness (QED) is 0.267. The van der Waals surface area contributed by atoms with E-state index in [0.29, 0.717) is 37.3 Å². The van der Waals surface area contributed by atoms with Crippen LogP contribution >= 0.6 is 0 Å². The average molecular weight is 443 g/mol. The molecule has 1 unspecified atom stereocenters. The summed E-state index contributed by atoms with van der Waals surface area (Å²) in [7, 11) is 1.37. The minimum Gasteiger partial charge on any atom is -0.507 e. The molecule has 0 aliphatic carbocycles. The summed E-state index contributed by atoms with van der Waals surface area (Å²) in [5.74, 6) is -2.04. The van der Waals surface area contributed by atoms with Crippen LogP contribution in [0.3, 0.4) is 0 Å². The van der Waals surface area contributed by atoms with Crippen molar-refractivity contribution in [1.82, 2.24) is 4.90 Å². The molecule has 2 aromatic carbocycles. The molecule has 1 amide bonds. The fourth-order valence-electron chi connectivity index (χ4n) is 3.74. The Hall–Kier alpha value is -3.39. The Morgan fingerprint density at radius 1 is 1.19 bits per heavy atom. The van der Waals surface area contributed by atoms with Gasteiger partial charge in [-0.1, -0.05) is 19.1 Å². The number of carbonyl (C=O) groups is 2. The lowest BCUT2D eigenvalue weighted by Crippen LogP contribution is -2.30. The van der Waals surface area contributed by atoms with Gasteiger partial charge in [0.15, 0.2) is 0 Å². The Balaban J connectivity index is 2.15. The first-order chi connectivity index (χ1) is 15.4. The molecular formula is C24H26FNO6. The van der Waals surface area contributed by atoms with Crippen LogP contribution < -0.4 is 9.47 Å². The summed E-state index contributed by atoms with van der Waals surface area (Å²) in [6.07, 6.45) is 1.05. The molecule has 1 atom stereocenters. The monoisotopic (exact) mass is 443 g/mol. The van der Waals surface area contributed by atoms with E-state index >= 15 is 0 Å². The number of benzene rings is 2. The van der Waals surface area contributed by atoms with Gasteiger partial charge in [-0.25, -0.2) is 4.39 Å². The lowest BCUT2D eigenvalue weighted by Gasteiger charge is -2.25. The number of nitrogens with zero attached hydrogens (tertiary/aromatic N) is 1. The Kier molecular flexibility index (Phi) is 7.48. The fraction of sp³-hybridized carbons (Fsp3) is 0.333. The second-order valence-corrected chi connectivity index (χ2v) is 7.34. The molecule has 8 heteroatoms. The molecule has 170 valence electrons. The molecule has 2 N–H and O–H groups in total. The van der Waals surface area contributed by atoms with Gasteiger partial charge < -0.3 is 24.6 Å². The van der Waals surface area contributed by atoms with E-state index in [1.165, 1.54) is 24.1 Å². The van der Waals surface area contributed by atoms with Crippen LogP contribution in [0.1, 0.15) is 36.9 Å². The number of hydrogen-bond donors (Lipinski definition) is 2. The van der Waals surface area contributed by atoms with Gasteiger partial charge in [-0.05, 0) is 42.3 Å². The summed E-state index contributed by atoms with van der Waals surface area (Å²) in [5, 5.41) is 20.0. The lowest BCUT2D eigenvalue weighted by atomic mass is 9.94. The van der Waals surface area contributed by atoms with E-state index < -0.39 is 29.3 Å². The smallest absolute Gasteiger partial charge is 0.295 e. The van der Waals surface area contributed by atoms with Crippen molar-refractivity contribution in [3.05, 3.63) is 65.0 Å². The van der Waals surface area contributed by atoms with Crippen molar-refractivity contribution < 1.29 is 33.7 Å². The summed E-state index contributed by atoms with van der Waals surface area (Å²) in [6, 6.07) is 9.58. The topological polar surface area (TPSA) is 96.3 Å². The highest BCUT2D eigenvalue weighted by atomic mass is 19.1. The maximum atomic E-state index is 13.9. The SMILES string of the molecule is CCCN1C(=O)C(=O)/C(=C(/O)c2cc(F)ccc2OC)C1c1cccc(OCCCO)c1. The van der Waals surface area contributed by atoms with Gasteiger partial charge in [0.25, 0.3) is 11.7 Å². The van der Waals surface area contributed by atoms with Crippen molar-refractivity contribution in [1.29, 1.82) is 0 Å². The van der Waals surface area contributed by atoms with Crippen molar-refractivity contribution in [2.75, 3.05) is 26.9 Å². The summed E-state index contributed by atoms with van der Waals surface area (Å²) in [4.78, 5) is 27.2. The maximum Gasteiger partial charge on any atom is 0.295 e. The molecular weight excluding hydrogens is 417 g/mol. The molecule has 0 spiro atoms. The minimum atomic E-state index is -0.871. The number of Topliss-reactive ketones (excluding diaryl/α,β-unsaturated/α-hetero) is 1. The van der Waals surface area contributed by atoms with Crippen LogP contribution in [-0.2, 0) is 9.59 Å². The zero-order valence-corrected chi connectivity index (χ0v) is 18.0. The number of methoxy groups -OCH3 is 1. The summed E-state index contributed by atoms with van der Waals surface area (Å²) in [6.45, 7) is 2.46. The first-order valence-corrected chi connectivity index (χ1v) is 10.4. The van der Waals surface area contributed by atoms with Crippen molar-refractivity contribution in [2.24, 2.45) is 0 Å². The number of carbonyl (C=O) groups excluding carboxylic acids is 2. The van der Waals surface area contributed by atoms with Crippen molar-refractivity contribution >= 4 is 17.4 Å². The van der Waals surface area contributed by atoms with Crippen LogP contribution in [0, 0.1) is 5.82 Å². The van der Waals surface area contributed by atoms with Gasteiger partial charge in [0, 0.05) is 19.6 Å². The lowest BCUT2D eigenvalue weighted by molar-refractivity contribution is -0.139. The number of halogens is 1. The molecule has 1 fully saturated rings.